The third-order valence-electron chi connectivity index (χ3n) is 3.72. The fraction of sp³-hybridized carbons (Fsp3) is 0. The molecular formula is C16H7F4N. The number of fused-ring (bicyclic) bond motifs is 5. The third kappa shape index (κ3) is 1.46. The SMILES string of the molecule is Fc1c(F)c(F)c2c(ccc3c4ccccc4[nH]c32)c1F. The number of aromatic amines is 1. The summed E-state index contributed by atoms with van der Waals surface area (Å²) in [5.41, 5.74) is 0.966. The molecule has 21 heavy (non-hydrogen) atoms. The average Bonchev–Trinajstić information content (AvgIpc) is 2.88. The van der Waals surface area contributed by atoms with E-state index in [1.54, 1.807) is 18.2 Å². The van der Waals surface area contributed by atoms with E-state index in [4.69, 9.17) is 0 Å². The molecular weight excluding hydrogens is 282 g/mol. The van der Waals surface area contributed by atoms with Gasteiger partial charge in [-0.15, -0.1) is 0 Å². The Kier molecular flexibility index (Phi) is 2.31. The molecule has 4 aromatic rings. The van der Waals surface area contributed by atoms with E-state index in [0.717, 1.165) is 5.39 Å². The van der Waals surface area contributed by atoms with E-state index in [0.29, 0.717) is 10.9 Å². The monoisotopic (exact) mass is 289 g/mol. The van der Waals surface area contributed by atoms with Gasteiger partial charge in [-0.2, -0.15) is 0 Å². The minimum Gasteiger partial charge on any atom is -0.354 e. The van der Waals surface area contributed by atoms with Crippen molar-refractivity contribution in [1.29, 1.82) is 0 Å². The van der Waals surface area contributed by atoms with Crippen molar-refractivity contribution in [3.63, 3.8) is 0 Å². The minimum absolute atomic E-state index is 0.254. The molecule has 0 radical (unpaired) electrons. The van der Waals surface area contributed by atoms with Crippen LogP contribution in [0.4, 0.5) is 17.6 Å². The molecule has 4 rings (SSSR count). The molecule has 0 spiro atoms. The lowest BCUT2D eigenvalue weighted by Crippen LogP contribution is -1.98. The lowest BCUT2D eigenvalue weighted by molar-refractivity contribution is 0.418. The van der Waals surface area contributed by atoms with Crippen molar-refractivity contribution in [3.05, 3.63) is 59.7 Å². The van der Waals surface area contributed by atoms with Crippen LogP contribution in [0, 0.1) is 23.3 Å². The summed E-state index contributed by atoms with van der Waals surface area (Å²) >= 11 is 0. The second-order valence-corrected chi connectivity index (χ2v) is 4.84. The number of halogens is 4. The van der Waals surface area contributed by atoms with Crippen LogP contribution in [0.5, 0.6) is 0 Å². The van der Waals surface area contributed by atoms with E-state index in [-0.39, 0.29) is 16.3 Å². The lowest BCUT2D eigenvalue weighted by atomic mass is 10.0. The molecule has 1 N–H and O–H groups in total. The number of hydrogen-bond acceptors (Lipinski definition) is 0. The standard InChI is InChI=1S/C16H7F4N/c17-12-9-6-5-8-7-3-1-2-4-10(7)21-16(8)11(9)13(18)15(20)14(12)19/h1-6,21H. The topological polar surface area (TPSA) is 15.8 Å². The van der Waals surface area contributed by atoms with Gasteiger partial charge in [0.1, 0.15) is 0 Å². The molecule has 3 aromatic carbocycles. The summed E-state index contributed by atoms with van der Waals surface area (Å²) in [6, 6.07) is 10.0. The quantitative estimate of drug-likeness (QED) is 0.265. The minimum atomic E-state index is -1.80. The number of para-hydroxylation sites is 1. The Hall–Kier alpha value is -2.56. The van der Waals surface area contributed by atoms with E-state index in [2.05, 4.69) is 4.98 Å². The highest BCUT2D eigenvalue weighted by Crippen LogP contribution is 2.35. The summed E-state index contributed by atoms with van der Waals surface area (Å²) in [5.74, 6) is -6.37. The molecule has 0 atom stereocenters. The molecule has 0 amide bonds. The van der Waals surface area contributed by atoms with Crippen molar-refractivity contribution in [2.24, 2.45) is 0 Å². The maximum atomic E-state index is 14.1. The van der Waals surface area contributed by atoms with Crippen molar-refractivity contribution >= 4 is 32.6 Å². The van der Waals surface area contributed by atoms with Gasteiger partial charge in [-0.1, -0.05) is 30.3 Å². The number of rotatable bonds is 0. The molecule has 0 aliphatic carbocycles. The predicted octanol–water partition coefficient (Wildman–Crippen LogP) is 5.03. The fourth-order valence-electron chi connectivity index (χ4n) is 2.75. The zero-order valence-electron chi connectivity index (χ0n) is 10.5. The summed E-state index contributed by atoms with van der Waals surface area (Å²) in [6.07, 6.45) is 0. The molecule has 1 aromatic heterocycles. The van der Waals surface area contributed by atoms with Crippen molar-refractivity contribution in [3.8, 4) is 0 Å². The van der Waals surface area contributed by atoms with Gasteiger partial charge in [0.25, 0.3) is 0 Å². The normalized spacial score (nSPS) is 11.8. The molecule has 0 unspecified atom stereocenters. The summed E-state index contributed by atoms with van der Waals surface area (Å²) < 4.78 is 54.7. The van der Waals surface area contributed by atoms with Crippen molar-refractivity contribution in [2.75, 3.05) is 0 Å². The third-order valence-corrected chi connectivity index (χ3v) is 3.72. The number of benzene rings is 3. The zero-order chi connectivity index (χ0) is 14.7. The van der Waals surface area contributed by atoms with Crippen LogP contribution in [-0.2, 0) is 0 Å². The Labute approximate surface area is 115 Å². The summed E-state index contributed by atoms with van der Waals surface area (Å²) in [7, 11) is 0. The molecule has 0 saturated carbocycles. The Morgan fingerprint density at radius 1 is 0.619 bits per heavy atom. The average molecular weight is 289 g/mol. The number of aromatic nitrogens is 1. The van der Waals surface area contributed by atoms with Gasteiger partial charge >= 0.3 is 0 Å². The highest BCUT2D eigenvalue weighted by atomic mass is 19.2. The Balaban J connectivity index is 2.34. The van der Waals surface area contributed by atoms with Gasteiger partial charge in [0.05, 0.1) is 5.52 Å². The van der Waals surface area contributed by atoms with Crippen LogP contribution in [0.2, 0.25) is 0 Å². The number of nitrogens with one attached hydrogen (secondary N) is 1. The summed E-state index contributed by atoms with van der Waals surface area (Å²) in [6.45, 7) is 0. The van der Waals surface area contributed by atoms with Gasteiger partial charge in [-0.3, -0.25) is 0 Å². The van der Waals surface area contributed by atoms with Gasteiger partial charge < -0.3 is 4.98 Å². The Morgan fingerprint density at radius 3 is 2.10 bits per heavy atom. The van der Waals surface area contributed by atoms with E-state index in [9.17, 15) is 17.6 Å². The first-order valence-electron chi connectivity index (χ1n) is 6.24. The van der Waals surface area contributed by atoms with Gasteiger partial charge in [-0.05, 0) is 6.07 Å². The molecule has 1 nitrogen and oxygen atoms in total. The van der Waals surface area contributed by atoms with E-state index >= 15 is 0 Å². The van der Waals surface area contributed by atoms with E-state index in [1.807, 2.05) is 12.1 Å². The molecule has 0 aliphatic heterocycles. The number of hydrogen-bond donors (Lipinski definition) is 1. The van der Waals surface area contributed by atoms with Crippen LogP contribution >= 0.6 is 0 Å². The van der Waals surface area contributed by atoms with Crippen molar-refractivity contribution < 1.29 is 17.6 Å². The second-order valence-electron chi connectivity index (χ2n) is 4.84. The first-order chi connectivity index (χ1) is 10.1. The first-order valence-corrected chi connectivity index (χ1v) is 6.24. The molecule has 1 heterocycles. The Morgan fingerprint density at radius 2 is 1.29 bits per heavy atom. The van der Waals surface area contributed by atoms with E-state index in [1.165, 1.54) is 6.07 Å². The molecule has 0 saturated heterocycles. The fourth-order valence-corrected chi connectivity index (χ4v) is 2.75. The van der Waals surface area contributed by atoms with Crippen molar-refractivity contribution in [1.82, 2.24) is 4.98 Å². The zero-order valence-corrected chi connectivity index (χ0v) is 10.5. The highest BCUT2D eigenvalue weighted by Gasteiger charge is 2.22. The lowest BCUT2D eigenvalue weighted by Gasteiger charge is -2.05. The molecule has 5 heteroatoms. The van der Waals surface area contributed by atoms with Crippen LogP contribution in [0.3, 0.4) is 0 Å². The van der Waals surface area contributed by atoms with Gasteiger partial charge in [0.2, 0.25) is 0 Å². The second kappa shape index (κ2) is 3.97. The van der Waals surface area contributed by atoms with Crippen LogP contribution in [0.25, 0.3) is 32.6 Å². The van der Waals surface area contributed by atoms with Crippen LogP contribution in [0.15, 0.2) is 36.4 Å². The van der Waals surface area contributed by atoms with Crippen molar-refractivity contribution in [2.45, 2.75) is 0 Å². The summed E-state index contributed by atoms with van der Waals surface area (Å²) in [5, 5.41) is 0.868. The van der Waals surface area contributed by atoms with E-state index < -0.39 is 23.3 Å². The van der Waals surface area contributed by atoms with Gasteiger partial charge in [-0.25, -0.2) is 17.6 Å². The smallest absolute Gasteiger partial charge is 0.198 e. The predicted molar refractivity (Wildman–Crippen MR) is 73.1 cm³/mol. The van der Waals surface area contributed by atoms with Gasteiger partial charge in [0, 0.05) is 27.1 Å². The molecule has 0 fully saturated rings. The highest BCUT2D eigenvalue weighted by molar-refractivity contribution is 6.17. The van der Waals surface area contributed by atoms with Gasteiger partial charge in [0.15, 0.2) is 23.3 Å². The van der Waals surface area contributed by atoms with Crippen LogP contribution < -0.4 is 0 Å². The Bertz CT molecular complexity index is 1030. The number of H-pyrrole nitrogens is 1. The molecule has 0 aliphatic rings. The van der Waals surface area contributed by atoms with Crippen LogP contribution in [0.1, 0.15) is 0 Å². The van der Waals surface area contributed by atoms with Crippen LogP contribution in [-0.4, -0.2) is 4.98 Å². The largest absolute Gasteiger partial charge is 0.354 e. The molecule has 0 bridgehead atoms. The first kappa shape index (κ1) is 12.2. The maximum Gasteiger partial charge on any atom is 0.198 e. The molecule has 104 valence electrons. The summed E-state index contributed by atoms with van der Waals surface area (Å²) in [4.78, 5) is 2.94. The maximum absolute atomic E-state index is 14.1.